The molecular weight excluding hydrogens is 280 g/mol. The number of para-hydroxylation sites is 1. The fourth-order valence-electron chi connectivity index (χ4n) is 3.26. The van der Waals surface area contributed by atoms with Gasteiger partial charge in [-0.15, -0.1) is 0 Å². The molecule has 5 nitrogen and oxygen atoms in total. The fraction of sp³-hybridized carbons (Fsp3) is 0.176. The van der Waals surface area contributed by atoms with Crippen molar-refractivity contribution < 1.29 is 14.3 Å². The van der Waals surface area contributed by atoms with Gasteiger partial charge in [0, 0.05) is 17.3 Å². The van der Waals surface area contributed by atoms with E-state index in [0.29, 0.717) is 22.6 Å². The predicted molar refractivity (Wildman–Crippen MR) is 79.1 cm³/mol. The Morgan fingerprint density at radius 1 is 1.32 bits per heavy atom. The summed E-state index contributed by atoms with van der Waals surface area (Å²) >= 11 is 0. The van der Waals surface area contributed by atoms with Gasteiger partial charge in [-0.05, 0) is 17.7 Å². The van der Waals surface area contributed by atoms with Crippen LogP contribution in [0.3, 0.4) is 0 Å². The zero-order valence-electron chi connectivity index (χ0n) is 11.8. The molecule has 0 saturated carbocycles. The summed E-state index contributed by atoms with van der Waals surface area (Å²) in [5.41, 5.74) is 1.89. The average molecular weight is 292 g/mol. The first-order valence-corrected chi connectivity index (χ1v) is 6.87. The van der Waals surface area contributed by atoms with Crippen molar-refractivity contribution in [1.29, 1.82) is 5.26 Å². The second-order valence-electron chi connectivity index (χ2n) is 5.35. The maximum Gasteiger partial charge on any atom is 0.243 e. The summed E-state index contributed by atoms with van der Waals surface area (Å²) < 4.78 is 11.0. The summed E-state index contributed by atoms with van der Waals surface area (Å²) in [6.45, 7) is 0.225. The minimum Gasteiger partial charge on any atom is -0.495 e. The lowest BCUT2D eigenvalue weighted by Gasteiger charge is -2.20. The van der Waals surface area contributed by atoms with Gasteiger partial charge in [-0.1, -0.05) is 18.2 Å². The SMILES string of the molecule is COc1cc2c(cc1C#N)C1(CO2)C(=O)Nc2ccccc21. The van der Waals surface area contributed by atoms with Gasteiger partial charge in [0.15, 0.2) is 0 Å². The first-order chi connectivity index (χ1) is 10.7. The quantitative estimate of drug-likeness (QED) is 0.874. The molecule has 4 rings (SSSR count). The van der Waals surface area contributed by atoms with Crippen LogP contribution in [0, 0.1) is 11.3 Å². The maximum atomic E-state index is 12.7. The van der Waals surface area contributed by atoms with E-state index in [2.05, 4.69) is 11.4 Å². The average Bonchev–Trinajstić information content (AvgIpc) is 3.06. The molecule has 5 heteroatoms. The number of carbonyl (C=O) groups is 1. The Morgan fingerprint density at radius 2 is 2.14 bits per heavy atom. The Morgan fingerprint density at radius 3 is 2.91 bits per heavy atom. The Kier molecular flexibility index (Phi) is 2.46. The third-order valence-electron chi connectivity index (χ3n) is 4.35. The topological polar surface area (TPSA) is 71.3 Å². The van der Waals surface area contributed by atoms with Crippen LogP contribution < -0.4 is 14.8 Å². The molecule has 2 aliphatic heterocycles. The fourth-order valence-corrected chi connectivity index (χ4v) is 3.26. The van der Waals surface area contributed by atoms with Crippen molar-refractivity contribution >= 4 is 11.6 Å². The van der Waals surface area contributed by atoms with Gasteiger partial charge in [-0.2, -0.15) is 5.26 Å². The number of nitrogens with one attached hydrogen (secondary N) is 1. The maximum absolute atomic E-state index is 12.7. The second kappa shape index (κ2) is 4.25. The van der Waals surface area contributed by atoms with Crippen LogP contribution in [0.15, 0.2) is 36.4 Å². The number of fused-ring (bicyclic) bond motifs is 4. The zero-order chi connectivity index (χ0) is 15.3. The second-order valence-corrected chi connectivity index (χ2v) is 5.35. The Bertz CT molecular complexity index is 853. The van der Waals surface area contributed by atoms with E-state index < -0.39 is 5.41 Å². The molecule has 0 saturated heterocycles. The monoisotopic (exact) mass is 292 g/mol. The van der Waals surface area contributed by atoms with Crippen molar-refractivity contribution in [3.05, 3.63) is 53.1 Å². The molecule has 1 atom stereocenters. The number of nitrogens with zero attached hydrogens (tertiary/aromatic N) is 1. The summed E-state index contributed by atoms with van der Waals surface area (Å²) in [6, 6.07) is 13.0. The highest BCUT2D eigenvalue weighted by Gasteiger charge is 2.54. The van der Waals surface area contributed by atoms with Crippen LogP contribution in [0.1, 0.15) is 16.7 Å². The highest BCUT2D eigenvalue weighted by Crippen LogP contribution is 2.51. The molecule has 0 aliphatic carbocycles. The summed E-state index contributed by atoms with van der Waals surface area (Å²) in [4.78, 5) is 12.7. The molecule has 2 heterocycles. The normalized spacial score (nSPS) is 20.8. The predicted octanol–water partition coefficient (Wildman–Crippen LogP) is 2.20. The number of amides is 1. The first-order valence-electron chi connectivity index (χ1n) is 6.87. The van der Waals surface area contributed by atoms with Crippen molar-refractivity contribution in [2.45, 2.75) is 5.41 Å². The van der Waals surface area contributed by atoms with Gasteiger partial charge in [-0.25, -0.2) is 0 Å². The van der Waals surface area contributed by atoms with Crippen LogP contribution in [-0.2, 0) is 10.2 Å². The number of nitriles is 1. The minimum atomic E-state index is -0.885. The van der Waals surface area contributed by atoms with E-state index in [-0.39, 0.29) is 12.5 Å². The number of hydrogen-bond donors (Lipinski definition) is 1. The van der Waals surface area contributed by atoms with Crippen molar-refractivity contribution in [1.82, 2.24) is 0 Å². The van der Waals surface area contributed by atoms with E-state index in [0.717, 1.165) is 11.3 Å². The van der Waals surface area contributed by atoms with Crippen LogP contribution in [0.4, 0.5) is 5.69 Å². The lowest BCUT2D eigenvalue weighted by Crippen LogP contribution is -2.37. The number of carbonyl (C=O) groups excluding carboxylic acids is 1. The molecule has 2 aromatic rings. The first kappa shape index (κ1) is 12.7. The molecule has 1 spiro atoms. The molecule has 0 radical (unpaired) electrons. The third-order valence-corrected chi connectivity index (χ3v) is 4.35. The molecule has 22 heavy (non-hydrogen) atoms. The van der Waals surface area contributed by atoms with E-state index >= 15 is 0 Å². The highest BCUT2D eigenvalue weighted by atomic mass is 16.5. The van der Waals surface area contributed by atoms with Crippen molar-refractivity contribution in [3.8, 4) is 17.6 Å². The van der Waals surface area contributed by atoms with E-state index in [9.17, 15) is 10.1 Å². The lowest BCUT2D eigenvalue weighted by atomic mass is 9.76. The number of ether oxygens (including phenoxy) is 2. The van der Waals surface area contributed by atoms with E-state index in [1.807, 2.05) is 24.3 Å². The van der Waals surface area contributed by atoms with Gasteiger partial charge in [0.1, 0.15) is 29.6 Å². The van der Waals surface area contributed by atoms with Gasteiger partial charge < -0.3 is 14.8 Å². The third kappa shape index (κ3) is 1.39. The number of methoxy groups -OCH3 is 1. The van der Waals surface area contributed by atoms with Crippen molar-refractivity contribution in [3.63, 3.8) is 0 Å². The molecule has 1 amide bonds. The largest absolute Gasteiger partial charge is 0.495 e. The van der Waals surface area contributed by atoms with Crippen LogP contribution >= 0.6 is 0 Å². The number of hydrogen-bond acceptors (Lipinski definition) is 4. The van der Waals surface area contributed by atoms with E-state index in [4.69, 9.17) is 9.47 Å². The van der Waals surface area contributed by atoms with Crippen molar-refractivity contribution in [2.75, 3.05) is 19.0 Å². The molecule has 108 valence electrons. The molecule has 1 N–H and O–H groups in total. The lowest BCUT2D eigenvalue weighted by molar-refractivity contribution is -0.119. The number of anilines is 1. The van der Waals surface area contributed by atoms with Crippen LogP contribution in [-0.4, -0.2) is 19.6 Å². The molecular formula is C17H12N2O3. The molecule has 2 aromatic carbocycles. The number of benzene rings is 2. The molecule has 0 fully saturated rings. The highest BCUT2D eigenvalue weighted by molar-refractivity contribution is 6.09. The molecule has 0 aromatic heterocycles. The molecule has 1 unspecified atom stereocenters. The van der Waals surface area contributed by atoms with Crippen LogP contribution in [0.5, 0.6) is 11.5 Å². The Labute approximate surface area is 127 Å². The Balaban J connectivity index is 2.00. The summed E-state index contributed by atoms with van der Waals surface area (Å²) in [7, 11) is 1.50. The van der Waals surface area contributed by atoms with Crippen molar-refractivity contribution in [2.24, 2.45) is 0 Å². The zero-order valence-corrected chi connectivity index (χ0v) is 11.8. The van der Waals surface area contributed by atoms with Crippen LogP contribution in [0.25, 0.3) is 0 Å². The number of rotatable bonds is 1. The molecule has 0 bridgehead atoms. The van der Waals surface area contributed by atoms with Gasteiger partial charge in [0.2, 0.25) is 5.91 Å². The van der Waals surface area contributed by atoms with Gasteiger partial charge in [-0.3, -0.25) is 4.79 Å². The van der Waals surface area contributed by atoms with Gasteiger partial charge >= 0.3 is 0 Å². The summed E-state index contributed by atoms with van der Waals surface area (Å²) in [5.74, 6) is 0.911. The van der Waals surface area contributed by atoms with Gasteiger partial charge in [0.05, 0.1) is 12.7 Å². The minimum absolute atomic E-state index is 0.124. The Hall–Kier alpha value is -3.00. The van der Waals surface area contributed by atoms with E-state index in [1.54, 1.807) is 12.1 Å². The summed E-state index contributed by atoms with van der Waals surface area (Å²) in [5, 5.41) is 12.2. The van der Waals surface area contributed by atoms with Gasteiger partial charge in [0.25, 0.3) is 0 Å². The standard InChI is InChI=1S/C17H12N2O3/c1-21-14-7-15-12(6-10(14)8-18)17(9-22-15)11-4-2-3-5-13(11)19-16(17)20/h2-7H,9H2,1H3,(H,19,20). The smallest absolute Gasteiger partial charge is 0.243 e. The van der Waals surface area contributed by atoms with E-state index in [1.165, 1.54) is 7.11 Å². The molecule has 2 aliphatic rings. The van der Waals surface area contributed by atoms with Crippen LogP contribution in [0.2, 0.25) is 0 Å². The summed E-state index contributed by atoms with van der Waals surface area (Å²) in [6.07, 6.45) is 0.